The third-order valence-electron chi connectivity index (χ3n) is 7.81. The van der Waals surface area contributed by atoms with Gasteiger partial charge in [0.2, 0.25) is 5.91 Å². The van der Waals surface area contributed by atoms with Crippen LogP contribution in [0.15, 0.2) is 60.7 Å². The average Bonchev–Trinajstić information content (AvgIpc) is 2.86. The summed E-state index contributed by atoms with van der Waals surface area (Å²) in [6.45, 7) is 13.1. The first-order valence-electron chi connectivity index (χ1n) is 14.5. The minimum atomic E-state index is -0.874. The first kappa shape index (κ1) is 30.1. The maximum Gasteiger partial charge on any atom is 0.408 e. The predicted molar refractivity (Wildman–Crippen MR) is 164 cm³/mol. The largest absolute Gasteiger partial charge is 0.444 e. The van der Waals surface area contributed by atoms with Crippen molar-refractivity contribution in [3.63, 3.8) is 0 Å². The lowest BCUT2D eigenvalue weighted by atomic mass is 9.86. The van der Waals surface area contributed by atoms with E-state index in [1.54, 1.807) is 25.7 Å². The Kier molecular flexibility index (Phi) is 9.05. The van der Waals surface area contributed by atoms with E-state index in [1.807, 2.05) is 88.4 Å². The molecule has 3 aromatic carbocycles. The molecule has 41 heavy (non-hydrogen) atoms. The molecule has 7 heteroatoms. The highest BCUT2D eigenvalue weighted by Crippen LogP contribution is 2.36. The monoisotopic (exact) mass is 557 g/mol. The number of rotatable bonds is 8. The molecule has 0 aromatic heterocycles. The molecule has 7 nitrogen and oxygen atoms in total. The van der Waals surface area contributed by atoms with E-state index in [2.05, 4.69) is 10.6 Å². The molecule has 0 bridgehead atoms. The topological polar surface area (TPSA) is 87.7 Å². The third-order valence-corrected chi connectivity index (χ3v) is 7.81. The number of aryl methyl sites for hydroxylation is 1. The van der Waals surface area contributed by atoms with Gasteiger partial charge in [0.15, 0.2) is 0 Å². The van der Waals surface area contributed by atoms with Crippen LogP contribution in [0.2, 0.25) is 0 Å². The lowest BCUT2D eigenvalue weighted by Crippen LogP contribution is -2.58. The quantitative estimate of drug-likeness (QED) is 0.310. The van der Waals surface area contributed by atoms with Crippen LogP contribution in [0.3, 0.4) is 0 Å². The van der Waals surface area contributed by atoms with Gasteiger partial charge in [0, 0.05) is 11.7 Å². The standard InChI is InChI=1S/C34H43N3O4/c1-21(2)29(36-33(40)41-34(5,6)7)32(39)37(27-15-11-16-27)30(28-17-10-12-22(3)23(28)4)31(38)35-26-19-18-24-13-8-9-14-25(24)20-26/h8-10,12-14,17-21,27,29-30H,11,15-16H2,1-7H3,(H,35,38)(H,36,40). The Labute approximate surface area is 243 Å². The van der Waals surface area contributed by atoms with E-state index in [1.165, 1.54) is 0 Å². The van der Waals surface area contributed by atoms with Gasteiger partial charge >= 0.3 is 6.09 Å². The van der Waals surface area contributed by atoms with Crippen LogP contribution < -0.4 is 10.6 Å². The zero-order valence-corrected chi connectivity index (χ0v) is 25.3. The number of carbonyl (C=O) groups is 3. The Morgan fingerprint density at radius 3 is 2.22 bits per heavy atom. The highest BCUT2D eigenvalue weighted by molar-refractivity contribution is 6.00. The minimum absolute atomic E-state index is 0.114. The molecule has 2 unspecified atom stereocenters. The zero-order valence-electron chi connectivity index (χ0n) is 25.3. The molecular formula is C34H43N3O4. The predicted octanol–water partition coefficient (Wildman–Crippen LogP) is 7.07. The van der Waals surface area contributed by atoms with Crippen LogP contribution in [0, 0.1) is 19.8 Å². The van der Waals surface area contributed by atoms with Gasteiger partial charge in [-0.3, -0.25) is 9.59 Å². The van der Waals surface area contributed by atoms with Crippen molar-refractivity contribution in [1.82, 2.24) is 10.2 Å². The molecule has 0 radical (unpaired) electrons. The molecule has 218 valence electrons. The molecule has 1 aliphatic rings. The summed E-state index contributed by atoms with van der Waals surface area (Å²) in [4.78, 5) is 43.2. The summed E-state index contributed by atoms with van der Waals surface area (Å²) in [5.74, 6) is -0.787. The number of fused-ring (bicyclic) bond motifs is 1. The van der Waals surface area contributed by atoms with Crippen LogP contribution in [0.4, 0.5) is 10.5 Å². The number of anilines is 1. The van der Waals surface area contributed by atoms with Crippen molar-refractivity contribution in [1.29, 1.82) is 0 Å². The first-order valence-corrected chi connectivity index (χ1v) is 14.5. The number of ether oxygens (including phenoxy) is 1. The molecule has 0 heterocycles. The minimum Gasteiger partial charge on any atom is -0.444 e. The number of alkyl carbamates (subject to hydrolysis) is 1. The Balaban J connectivity index is 1.75. The lowest BCUT2D eigenvalue weighted by Gasteiger charge is -2.44. The third kappa shape index (κ3) is 7.07. The van der Waals surface area contributed by atoms with E-state index in [0.717, 1.165) is 46.7 Å². The molecule has 1 aliphatic carbocycles. The zero-order chi connectivity index (χ0) is 29.9. The van der Waals surface area contributed by atoms with Gasteiger partial charge in [0.1, 0.15) is 17.7 Å². The van der Waals surface area contributed by atoms with Crippen molar-refractivity contribution >= 4 is 34.4 Å². The van der Waals surface area contributed by atoms with Crippen LogP contribution in [-0.2, 0) is 14.3 Å². The van der Waals surface area contributed by atoms with Crippen molar-refractivity contribution < 1.29 is 19.1 Å². The van der Waals surface area contributed by atoms with Crippen molar-refractivity contribution in [2.45, 2.75) is 91.5 Å². The SMILES string of the molecule is Cc1cccc(C(C(=O)Nc2ccc3ccccc3c2)N(C(=O)C(NC(=O)OC(C)(C)C)C(C)C)C2CCC2)c1C. The number of nitrogens with one attached hydrogen (secondary N) is 2. The summed E-state index contributed by atoms with van der Waals surface area (Å²) in [7, 11) is 0. The normalized spacial score (nSPS) is 15.1. The van der Waals surface area contributed by atoms with Gasteiger partial charge in [0.25, 0.3) is 5.91 Å². The molecule has 0 spiro atoms. The Hall–Kier alpha value is -3.87. The van der Waals surface area contributed by atoms with E-state index in [9.17, 15) is 14.4 Å². The second-order valence-corrected chi connectivity index (χ2v) is 12.4. The van der Waals surface area contributed by atoms with Crippen LogP contribution in [-0.4, -0.2) is 40.5 Å². The number of hydrogen-bond acceptors (Lipinski definition) is 4. The van der Waals surface area contributed by atoms with E-state index in [-0.39, 0.29) is 23.8 Å². The fourth-order valence-corrected chi connectivity index (χ4v) is 5.26. The molecular weight excluding hydrogens is 514 g/mol. The van der Waals surface area contributed by atoms with Crippen LogP contribution in [0.5, 0.6) is 0 Å². The second kappa shape index (κ2) is 12.3. The van der Waals surface area contributed by atoms with Crippen molar-refractivity contribution in [2.75, 3.05) is 5.32 Å². The highest BCUT2D eigenvalue weighted by Gasteiger charge is 2.43. The maximum absolute atomic E-state index is 14.4. The van der Waals surface area contributed by atoms with Crippen LogP contribution in [0.1, 0.15) is 76.6 Å². The summed E-state index contributed by atoms with van der Waals surface area (Å²) in [6, 6.07) is 17.8. The van der Waals surface area contributed by atoms with Crippen LogP contribution >= 0.6 is 0 Å². The molecule has 3 aromatic rings. The smallest absolute Gasteiger partial charge is 0.408 e. The maximum atomic E-state index is 14.4. The lowest BCUT2D eigenvalue weighted by molar-refractivity contribution is -0.146. The van der Waals surface area contributed by atoms with E-state index >= 15 is 0 Å². The van der Waals surface area contributed by atoms with Crippen molar-refractivity contribution in [2.24, 2.45) is 5.92 Å². The second-order valence-electron chi connectivity index (χ2n) is 12.4. The summed E-state index contributed by atoms with van der Waals surface area (Å²) in [5.41, 5.74) is 2.74. The van der Waals surface area contributed by atoms with Gasteiger partial charge in [-0.2, -0.15) is 0 Å². The summed E-state index contributed by atoms with van der Waals surface area (Å²) >= 11 is 0. The van der Waals surface area contributed by atoms with Crippen molar-refractivity contribution in [3.8, 4) is 0 Å². The molecule has 0 saturated heterocycles. The van der Waals surface area contributed by atoms with Crippen molar-refractivity contribution in [3.05, 3.63) is 77.4 Å². The number of benzene rings is 3. The average molecular weight is 558 g/mol. The Bertz CT molecular complexity index is 1420. The highest BCUT2D eigenvalue weighted by atomic mass is 16.6. The van der Waals surface area contributed by atoms with Crippen LogP contribution in [0.25, 0.3) is 10.8 Å². The summed E-state index contributed by atoms with van der Waals surface area (Å²) in [5, 5.41) is 8.02. The number of nitrogens with zero attached hydrogens (tertiary/aromatic N) is 1. The Morgan fingerprint density at radius 2 is 1.61 bits per heavy atom. The molecule has 2 N–H and O–H groups in total. The molecule has 3 amide bonds. The fourth-order valence-electron chi connectivity index (χ4n) is 5.26. The molecule has 2 atom stereocenters. The number of carbonyl (C=O) groups excluding carboxylic acids is 3. The van der Waals surface area contributed by atoms with Gasteiger partial charge in [-0.25, -0.2) is 4.79 Å². The van der Waals surface area contributed by atoms with Gasteiger partial charge in [0.05, 0.1) is 0 Å². The van der Waals surface area contributed by atoms with Gasteiger partial charge in [-0.1, -0.05) is 62.4 Å². The first-order chi connectivity index (χ1) is 19.4. The Morgan fingerprint density at radius 1 is 0.927 bits per heavy atom. The van der Waals surface area contributed by atoms with E-state index < -0.39 is 23.8 Å². The van der Waals surface area contributed by atoms with E-state index in [4.69, 9.17) is 4.74 Å². The fraction of sp³-hybridized carbons (Fsp3) is 0.441. The van der Waals surface area contributed by atoms with E-state index in [0.29, 0.717) is 5.69 Å². The molecule has 1 fully saturated rings. The molecule has 0 aliphatic heterocycles. The number of amides is 3. The van der Waals surface area contributed by atoms with Gasteiger partial charge in [-0.15, -0.1) is 0 Å². The van der Waals surface area contributed by atoms with Gasteiger partial charge < -0.3 is 20.3 Å². The summed E-state index contributed by atoms with van der Waals surface area (Å²) in [6.07, 6.45) is 1.93. The molecule has 1 saturated carbocycles. The number of hydrogen-bond donors (Lipinski definition) is 2. The summed E-state index contributed by atoms with van der Waals surface area (Å²) < 4.78 is 5.49. The molecule has 4 rings (SSSR count). The van der Waals surface area contributed by atoms with Gasteiger partial charge in [-0.05, 0) is 99.4 Å².